The predicted molar refractivity (Wildman–Crippen MR) is 101 cm³/mol. The highest BCUT2D eigenvalue weighted by molar-refractivity contribution is 7.13. The van der Waals surface area contributed by atoms with E-state index in [0.717, 1.165) is 0 Å². The van der Waals surface area contributed by atoms with E-state index in [1.807, 2.05) is 0 Å². The van der Waals surface area contributed by atoms with Crippen LogP contribution in [0.3, 0.4) is 0 Å². The zero-order chi connectivity index (χ0) is 18.5. The third-order valence-electron chi connectivity index (χ3n) is 3.67. The lowest BCUT2D eigenvalue weighted by Gasteiger charge is -2.16. The summed E-state index contributed by atoms with van der Waals surface area (Å²) in [6, 6.07) is 13.4. The molecule has 134 valence electrons. The third kappa shape index (κ3) is 4.39. The number of thiazole rings is 1. The number of hydrogen-bond acceptors (Lipinski definition) is 4. The molecule has 0 saturated carbocycles. The molecule has 2 aromatic carbocycles. The van der Waals surface area contributed by atoms with Crippen LogP contribution >= 0.6 is 22.9 Å². The maximum absolute atomic E-state index is 13.8. The van der Waals surface area contributed by atoms with Crippen LogP contribution in [0.4, 0.5) is 4.39 Å². The van der Waals surface area contributed by atoms with E-state index in [0.29, 0.717) is 40.2 Å². The monoisotopic (exact) mass is 390 g/mol. The minimum absolute atomic E-state index is 0.237. The van der Waals surface area contributed by atoms with Crippen molar-refractivity contribution >= 4 is 28.8 Å². The molecule has 0 saturated heterocycles. The Hall–Kier alpha value is -2.44. The number of carbonyl (C=O) groups excluding carboxylic acids is 1. The van der Waals surface area contributed by atoms with Gasteiger partial charge in [-0.2, -0.15) is 0 Å². The summed E-state index contributed by atoms with van der Waals surface area (Å²) in [7, 11) is 1.67. The predicted octanol–water partition coefficient (Wildman–Crippen LogP) is 4.75. The van der Waals surface area contributed by atoms with Crippen LogP contribution in [0.25, 0.3) is 10.6 Å². The lowest BCUT2D eigenvalue weighted by molar-refractivity contribution is 0.0769. The van der Waals surface area contributed by atoms with Gasteiger partial charge in [0.1, 0.15) is 28.9 Å². The van der Waals surface area contributed by atoms with Gasteiger partial charge in [-0.05, 0) is 30.3 Å². The van der Waals surface area contributed by atoms with Gasteiger partial charge in [0.15, 0.2) is 0 Å². The summed E-state index contributed by atoms with van der Waals surface area (Å²) in [5.41, 5.74) is 0.682. The van der Waals surface area contributed by atoms with Crippen molar-refractivity contribution in [2.24, 2.45) is 0 Å². The second-order valence-corrected chi connectivity index (χ2v) is 6.84. The van der Waals surface area contributed by atoms with Gasteiger partial charge >= 0.3 is 0 Å². The second-order valence-electron chi connectivity index (χ2n) is 5.55. The van der Waals surface area contributed by atoms with Crippen molar-refractivity contribution in [3.63, 3.8) is 0 Å². The lowest BCUT2D eigenvalue weighted by Crippen LogP contribution is -2.31. The van der Waals surface area contributed by atoms with Gasteiger partial charge in [0.2, 0.25) is 0 Å². The van der Waals surface area contributed by atoms with Gasteiger partial charge in [-0.25, -0.2) is 9.37 Å². The summed E-state index contributed by atoms with van der Waals surface area (Å²) in [5.74, 6) is 0.0523. The number of amides is 1. The van der Waals surface area contributed by atoms with Crippen LogP contribution in [0.2, 0.25) is 5.02 Å². The standard InChI is InChI=1S/C19H16ClFN2O2S/c1-23(9-10-25-14-6-4-5-13(20)11-14)19(24)17-12-26-18(22-17)15-7-2-3-8-16(15)21/h2-8,11-12H,9-10H2,1H3. The maximum Gasteiger partial charge on any atom is 0.273 e. The summed E-state index contributed by atoms with van der Waals surface area (Å²) in [5, 5.41) is 2.71. The van der Waals surface area contributed by atoms with Crippen LogP contribution in [-0.4, -0.2) is 36.0 Å². The first-order valence-corrected chi connectivity index (χ1v) is 9.14. The molecule has 0 atom stereocenters. The average Bonchev–Trinajstić information content (AvgIpc) is 3.11. The summed E-state index contributed by atoms with van der Waals surface area (Å²) in [6.07, 6.45) is 0. The molecule has 3 aromatic rings. The minimum atomic E-state index is -0.357. The molecule has 0 unspecified atom stereocenters. The lowest BCUT2D eigenvalue weighted by atomic mass is 10.2. The van der Waals surface area contributed by atoms with E-state index in [-0.39, 0.29) is 11.7 Å². The normalized spacial score (nSPS) is 10.6. The zero-order valence-electron chi connectivity index (χ0n) is 14.0. The topological polar surface area (TPSA) is 42.4 Å². The number of likely N-dealkylation sites (N-methyl/N-ethyl adjacent to an activating group) is 1. The first-order chi connectivity index (χ1) is 12.5. The molecule has 4 nitrogen and oxygen atoms in total. The molecular formula is C19H16ClFN2O2S. The molecule has 1 amide bonds. The van der Waals surface area contributed by atoms with Gasteiger partial charge in [0.05, 0.1) is 6.54 Å². The molecule has 7 heteroatoms. The first-order valence-electron chi connectivity index (χ1n) is 7.89. The van der Waals surface area contributed by atoms with Crippen LogP contribution in [0.1, 0.15) is 10.5 Å². The SMILES string of the molecule is CN(CCOc1cccc(Cl)c1)C(=O)c1csc(-c2ccccc2F)n1. The Bertz CT molecular complexity index is 916. The fourth-order valence-electron chi connectivity index (χ4n) is 2.28. The quantitative estimate of drug-likeness (QED) is 0.609. The average molecular weight is 391 g/mol. The summed E-state index contributed by atoms with van der Waals surface area (Å²) < 4.78 is 19.4. The van der Waals surface area contributed by atoms with Crippen LogP contribution in [0, 0.1) is 5.82 Å². The van der Waals surface area contributed by atoms with E-state index in [4.69, 9.17) is 16.3 Å². The number of nitrogens with zero attached hydrogens (tertiary/aromatic N) is 2. The van der Waals surface area contributed by atoms with Gasteiger partial charge < -0.3 is 9.64 Å². The van der Waals surface area contributed by atoms with Gasteiger partial charge in [0.25, 0.3) is 5.91 Å². The Morgan fingerprint density at radius 3 is 2.85 bits per heavy atom. The van der Waals surface area contributed by atoms with Crippen molar-refractivity contribution in [3.05, 3.63) is 70.4 Å². The highest BCUT2D eigenvalue weighted by Crippen LogP contribution is 2.26. The van der Waals surface area contributed by atoms with Crippen LogP contribution in [0.15, 0.2) is 53.9 Å². The van der Waals surface area contributed by atoms with Crippen molar-refractivity contribution in [2.75, 3.05) is 20.2 Å². The first kappa shape index (κ1) is 18.4. The van der Waals surface area contributed by atoms with E-state index < -0.39 is 0 Å². The molecule has 0 bridgehead atoms. The molecule has 0 radical (unpaired) electrons. The number of halogens is 2. The second kappa shape index (κ2) is 8.29. The van der Waals surface area contributed by atoms with Gasteiger partial charge in [-0.15, -0.1) is 11.3 Å². The van der Waals surface area contributed by atoms with E-state index in [2.05, 4.69) is 4.98 Å². The van der Waals surface area contributed by atoms with Crippen LogP contribution < -0.4 is 4.74 Å². The minimum Gasteiger partial charge on any atom is -0.492 e. The van der Waals surface area contributed by atoms with Crippen molar-refractivity contribution in [1.82, 2.24) is 9.88 Å². The molecule has 26 heavy (non-hydrogen) atoms. The van der Waals surface area contributed by atoms with Crippen molar-refractivity contribution in [3.8, 4) is 16.3 Å². The fourth-order valence-corrected chi connectivity index (χ4v) is 3.29. The maximum atomic E-state index is 13.8. The molecule has 0 aliphatic heterocycles. The van der Waals surface area contributed by atoms with E-state index in [1.54, 1.807) is 54.9 Å². The highest BCUT2D eigenvalue weighted by atomic mass is 35.5. The van der Waals surface area contributed by atoms with Crippen molar-refractivity contribution < 1.29 is 13.9 Å². The van der Waals surface area contributed by atoms with Crippen molar-refractivity contribution in [2.45, 2.75) is 0 Å². The third-order valence-corrected chi connectivity index (χ3v) is 4.78. The molecular weight excluding hydrogens is 375 g/mol. The Labute approximate surface area is 159 Å². The molecule has 0 spiro atoms. The molecule has 0 aliphatic carbocycles. The summed E-state index contributed by atoms with van der Waals surface area (Å²) >= 11 is 7.14. The number of rotatable bonds is 6. The number of aromatic nitrogens is 1. The molecule has 1 heterocycles. The Kier molecular flexibility index (Phi) is 5.85. The Balaban J connectivity index is 1.59. The summed E-state index contributed by atoms with van der Waals surface area (Å²) in [4.78, 5) is 18.3. The Morgan fingerprint density at radius 1 is 1.27 bits per heavy atom. The molecule has 3 rings (SSSR count). The molecule has 0 N–H and O–H groups in total. The van der Waals surface area contributed by atoms with Crippen LogP contribution in [0.5, 0.6) is 5.75 Å². The Morgan fingerprint density at radius 2 is 2.08 bits per heavy atom. The number of ether oxygens (including phenoxy) is 1. The smallest absolute Gasteiger partial charge is 0.273 e. The molecule has 1 aromatic heterocycles. The number of hydrogen-bond donors (Lipinski definition) is 0. The van der Waals surface area contributed by atoms with Crippen molar-refractivity contribution in [1.29, 1.82) is 0 Å². The van der Waals surface area contributed by atoms with Gasteiger partial charge in [0, 0.05) is 23.0 Å². The van der Waals surface area contributed by atoms with Crippen LogP contribution in [-0.2, 0) is 0 Å². The highest BCUT2D eigenvalue weighted by Gasteiger charge is 2.17. The fraction of sp³-hybridized carbons (Fsp3) is 0.158. The molecule has 0 aliphatic rings. The number of benzene rings is 2. The van der Waals surface area contributed by atoms with Gasteiger partial charge in [-0.1, -0.05) is 29.8 Å². The van der Waals surface area contributed by atoms with E-state index in [1.165, 1.54) is 22.3 Å². The molecule has 0 fully saturated rings. The van der Waals surface area contributed by atoms with Gasteiger partial charge in [-0.3, -0.25) is 4.79 Å². The largest absolute Gasteiger partial charge is 0.492 e. The summed E-state index contributed by atoms with van der Waals surface area (Å²) in [6.45, 7) is 0.713. The van der Waals surface area contributed by atoms with E-state index >= 15 is 0 Å². The van der Waals surface area contributed by atoms with E-state index in [9.17, 15) is 9.18 Å². The number of carbonyl (C=O) groups is 1. The zero-order valence-corrected chi connectivity index (χ0v) is 15.6.